The smallest absolute Gasteiger partial charge is 0.106 e. The molecule has 0 radical (unpaired) electrons. The standard InChI is InChI=1S/C10H16N2O/c1-2-8-12-9(4-7-11-12)10(13)5-3-6-10/h4,7,13H,2-3,5-6,8H2,1H3. The van der Waals surface area contributed by atoms with Crippen molar-refractivity contribution in [3.63, 3.8) is 0 Å². The summed E-state index contributed by atoms with van der Waals surface area (Å²) >= 11 is 0. The second-order valence-electron chi connectivity index (χ2n) is 3.82. The number of rotatable bonds is 3. The van der Waals surface area contributed by atoms with Gasteiger partial charge in [-0.1, -0.05) is 6.92 Å². The molecule has 0 saturated heterocycles. The Hall–Kier alpha value is -0.830. The molecule has 0 aromatic carbocycles. The summed E-state index contributed by atoms with van der Waals surface area (Å²) in [5, 5.41) is 14.3. The fourth-order valence-corrected chi connectivity index (χ4v) is 1.89. The van der Waals surface area contributed by atoms with Crippen LogP contribution in [0.1, 0.15) is 38.3 Å². The van der Waals surface area contributed by atoms with Crippen molar-refractivity contribution in [2.45, 2.75) is 44.8 Å². The van der Waals surface area contributed by atoms with E-state index in [9.17, 15) is 5.11 Å². The number of nitrogens with zero attached hydrogens (tertiary/aromatic N) is 2. The van der Waals surface area contributed by atoms with E-state index >= 15 is 0 Å². The van der Waals surface area contributed by atoms with Gasteiger partial charge in [0.15, 0.2) is 0 Å². The van der Waals surface area contributed by atoms with Crippen LogP contribution < -0.4 is 0 Å². The second-order valence-corrected chi connectivity index (χ2v) is 3.82. The average Bonchev–Trinajstić information content (AvgIpc) is 2.49. The molecule has 0 spiro atoms. The van der Waals surface area contributed by atoms with Crippen molar-refractivity contribution in [3.05, 3.63) is 18.0 Å². The van der Waals surface area contributed by atoms with Crippen LogP contribution in [0.15, 0.2) is 12.3 Å². The molecular formula is C10H16N2O. The molecule has 0 amide bonds. The summed E-state index contributed by atoms with van der Waals surface area (Å²) in [5.41, 5.74) is 0.437. The van der Waals surface area contributed by atoms with Gasteiger partial charge >= 0.3 is 0 Å². The molecule has 0 bridgehead atoms. The first-order chi connectivity index (χ1) is 6.26. The summed E-state index contributed by atoms with van der Waals surface area (Å²) in [6, 6.07) is 1.94. The van der Waals surface area contributed by atoms with Gasteiger partial charge in [-0.25, -0.2) is 0 Å². The first-order valence-electron chi connectivity index (χ1n) is 5.01. The Labute approximate surface area is 78.4 Å². The normalized spacial score (nSPS) is 19.8. The van der Waals surface area contributed by atoms with E-state index in [1.54, 1.807) is 6.20 Å². The topological polar surface area (TPSA) is 38.0 Å². The Morgan fingerprint density at radius 3 is 2.92 bits per heavy atom. The summed E-state index contributed by atoms with van der Waals surface area (Å²) < 4.78 is 1.93. The third kappa shape index (κ3) is 1.37. The van der Waals surface area contributed by atoms with E-state index in [1.807, 2.05) is 10.7 Å². The van der Waals surface area contributed by atoms with Gasteiger partial charge in [-0.15, -0.1) is 0 Å². The van der Waals surface area contributed by atoms with Crippen LogP contribution in [0.25, 0.3) is 0 Å². The third-order valence-electron chi connectivity index (χ3n) is 2.81. The average molecular weight is 180 g/mol. The van der Waals surface area contributed by atoms with Gasteiger partial charge in [0.05, 0.1) is 5.69 Å². The molecule has 0 atom stereocenters. The highest BCUT2D eigenvalue weighted by atomic mass is 16.3. The maximum Gasteiger partial charge on any atom is 0.106 e. The first-order valence-corrected chi connectivity index (χ1v) is 5.01. The van der Waals surface area contributed by atoms with Crippen molar-refractivity contribution in [3.8, 4) is 0 Å². The summed E-state index contributed by atoms with van der Waals surface area (Å²) in [7, 11) is 0. The lowest BCUT2D eigenvalue weighted by Crippen LogP contribution is -2.36. The van der Waals surface area contributed by atoms with Crippen molar-refractivity contribution in [2.24, 2.45) is 0 Å². The summed E-state index contributed by atoms with van der Waals surface area (Å²) in [6.07, 6.45) is 5.75. The molecule has 1 saturated carbocycles. The van der Waals surface area contributed by atoms with Gasteiger partial charge in [0, 0.05) is 12.7 Å². The predicted molar refractivity (Wildman–Crippen MR) is 50.3 cm³/mol. The van der Waals surface area contributed by atoms with Crippen molar-refractivity contribution in [1.29, 1.82) is 0 Å². The highest BCUT2D eigenvalue weighted by Gasteiger charge is 2.38. The van der Waals surface area contributed by atoms with Crippen LogP contribution in [0.2, 0.25) is 0 Å². The molecule has 1 aliphatic carbocycles. The van der Waals surface area contributed by atoms with Crippen LogP contribution in [0, 0.1) is 0 Å². The van der Waals surface area contributed by atoms with E-state index in [0.717, 1.165) is 37.9 Å². The molecular weight excluding hydrogens is 164 g/mol. The van der Waals surface area contributed by atoms with Crippen molar-refractivity contribution in [1.82, 2.24) is 9.78 Å². The Balaban J connectivity index is 2.23. The number of hydrogen-bond donors (Lipinski definition) is 1. The highest BCUT2D eigenvalue weighted by molar-refractivity contribution is 5.15. The Kier molecular flexibility index (Phi) is 2.12. The summed E-state index contributed by atoms with van der Waals surface area (Å²) in [4.78, 5) is 0. The Morgan fingerprint density at radius 2 is 2.38 bits per heavy atom. The van der Waals surface area contributed by atoms with E-state index in [2.05, 4.69) is 12.0 Å². The molecule has 0 unspecified atom stereocenters. The van der Waals surface area contributed by atoms with Gasteiger partial charge in [0.25, 0.3) is 0 Å². The zero-order valence-electron chi connectivity index (χ0n) is 8.03. The zero-order chi connectivity index (χ0) is 9.31. The van der Waals surface area contributed by atoms with Crippen molar-refractivity contribution >= 4 is 0 Å². The first kappa shape index (κ1) is 8.75. The van der Waals surface area contributed by atoms with Crippen LogP contribution in [0.5, 0.6) is 0 Å². The lowest BCUT2D eigenvalue weighted by atomic mass is 9.78. The highest BCUT2D eigenvalue weighted by Crippen LogP contribution is 2.40. The third-order valence-corrected chi connectivity index (χ3v) is 2.81. The van der Waals surface area contributed by atoms with Gasteiger partial charge in [0.2, 0.25) is 0 Å². The molecule has 3 nitrogen and oxygen atoms in total. The van der Waals surface area contributed by atoms with Crippen molar-refractivity contribution < 1.29 is 5.11 Å². The van der Waals surface area contributed by atoms with Crippen LogP contribution in [0.4, 0.5) is 0 Å². The molecule has 13 heavy (non-hydrogen) atoms. The molecule has 2 rings (SSSR count). The van der Waals surface area contributed by atoms with Gasteiger partial charge in [-0.05, 0) is 31.7 Å². The quantitative estimate of drug-likeness (QED) is 0.768. The Morgan fingerprint density at radius 1 is 1.62 bits per heavy atom. The fraction of sp³-hybridized carbons (Fsp3) is 0.700. The molecule has 1 N–H and O–H groups in total. The van der Waals surface area contributed by atoms with Gasteiger partial charge in [-0.3, -0.25) is 4.68 Å². The van der Waals surface area contributed by atoms with E-state index in [1.165, 1.54) is 0 Å². The predicted octanol–water partition coefficient (Wildman–Crippen LogP) is 1.66. The van der Waals surface area contributed by atoms with Crippen LogP contribution >= 0.6 is 0 Å². The molecule has 0 aliphatic heterocycles. The lowest BCUT2D eigenvalue weighted by Gasteiger charge is -2.36. The Bertz CT molecular complexity index is 289. The maximum atomic E-state index is 10.1. The van der Waals surface area contributed by atoms with E-state index in [-0.39, 0.29) is 0 Å². The van der Waals surface area contributed by atoms with Gasteiger partial charge in [-0.2, -0.15) is 5.10 Å². The lowest BCUT2D eigenvalue weighted by molar-refractivity contribution is -0.0464. The number of aromatic nitrogens is 2. The molecule has 1 heterocycles. The fourth-order valence-electron chi connectivity index (χ4n) is 1.89. The molecule has 72 valence electrons. The second kappa shape index (κ2) is 3.14. The van der Waals surface area contributed by atoms with Crippen LogP contribution in [-0.4, -0.2) is 14.9 Å². The summed E-state index contributed by atoms with van der Waals surface area (Å²) in [5.74, 6) is 0. The van der Waals surface area contributed by atoms with Crippen LogP contribution in [-0.2, 0) is 12.1 Å². The van der Waals surface area contributed by atoms with E-state index < -0.39 is 5.60 Å². The molecule has 1 fully saturated rings. The van der Waals surface area contributed by atoms with Crippen molar-refractivity contribution in [2.75, 3.05) is 0 Å². The molecule has 1 aromatic rings. The molecule has 1 aliphatic rings. The number of aliphatic hydroxyl groups is 1. The number of aryl methyl sites for hydroxylation is 1. The maximum absolute atomic E-state index is 10.1. The summed E-state index contributed by atoms with van der Waals surface area (Å²) in [6.45, 7) is 3.03. The van der Waals surface area contributed by atoms with E-state index in [0.29, 0.717) is 0 Å². The minimum Gasteiger partial charge on any atom is -0.384 e. The zero-order valence-corrected chi connectivity index (χ0v) is 8.03. The molecule has 1 aromatic heterocycles. The van der Waals surface area contributed by atoms with Gasteiger partial charge < -0.3 is 5.11 Å². The van der Waals surface area contributed by atoms with Gasteiger partial charge in [0.1, 0.15) is 5.60 Å². The number of hydrogen-bond acceptors (Lipinski definition) is 2. The van der Waals surface area contributed by atoms with E-state index in [4.69, 9.17) is 0 Å². The monoisotopic (exact) mass is 180 g/mol. The minimum atomic E-state index is -0.564. The SMILES string of the molecule is CCCn1nccc1C1(O)CCC1. The largest absolute Gasteiger partial charge is 0.384 e. The minimum absolute atomic E-state index is 0.564. The van der Waals surface area contributed by atoms with Crippen LogP contribution in [0.3, 0.4) is 0 Å². The molecule has 3 heteroatoms.